The number of piperidine rings is 1. The van der Waals surface area contributed by atoms with Crippen molar-refractivity contribution in [3.63, 3.8) is 0 Å². The van der Waals surface area contributed by atoms with E-state index in [4.69, 9.17) is 0 Å². The molecule has 2 aromatic carbocycles. The van der Waals surface area contributed by atoms with Gasteiger partial charge in [-0.25, -0.2) is 21.9 Å². The molecule has 1 aliphatic heterocycles. The molecule has 6 rings (SSSR count). The van der Waals surface area contributed by atoms with Crippen molar-refractivity contribution in [2.45, 2.75) is 24.7 Å². The standard InChI is InChI=1S/C29H24F2N4O3S/c1-19-5-10-24(15-25(19)31)39(37,38)34-13-11-21-14-27-20(17-33-35(27)23-8-6-22(30)7-9-23)16-29(21,18-34)28(36)26-4-2-3-12-32-26/h2-10,12,14-15,17H,11,13,16,18H2,1H3/t29-/m0/s1. The first-order valence-corrected chi connectivity index (χ1v) is 13.9. The molecule has 0 saturated carbocycles. The lowest BCUT2D eigenvalue weighted by atomic mass is 9.65. The lowest BCUT2D eigenvalue weighted by Gasteiger charge is -2.44. The van der Waals surface area contributed by atoms with Gasteiger partial charge in [0.25, 0.3) is 0 Å². The van der Waals surface area contributed by atoms with E-state index in [-0.39, 0.29) is 41.7 Å². The molecule has 0 N–H and O–H groups in total. The molecule has 1 atom stereocenters. The van der Waals surface area contributed by atoms with Gasteiger partial charge in [-0.1, -0.05) is 17.7 Å². The van der Waals surface area contributed by atoms with E-state index in [1.807, 2.05) is 6.08 Å². The summed E-state index contributed by atoms with van der Waals surface area (Å²) in [7, 11) is -4.09. The van der Waals surface area contributed by atoms with Crippen LogP contribution >= 0.6 is 0 Å². The molecule has 0 amide bonds. The second-order valence-electron chi connectivity index (χ2n) is 9.92. The van der Waals surface area contributed by atoms with Gasteiger partial charge in [0.05, 0.1) is 27.9 Å². The number of hydrogen-bond donors (Lipinski definition) is 0. The number of aryl methyl sites for hydroxylation is 1. The highest BCUT2D eigenvalue weighted by Gasteiger charge is 2.51. The molecule has 39 heavy (non-hydrogen) atoms. The van der Waals surface area contributed by atoms with Gasteiger partial charge in [0.1, 0.15) is 17.3 Å². The Bertz CT molecular complexity index is 1730. The number of benzene rings is 2. The van der Waals surface area contributed by atoms with Crippen LogP contribution in [0.15, 0.2) is 83.5 Å². The zero-order valence-corrected chi connectivity index (χ0v) is 21.8. The van der Waals surface area contributed by atoms with Crippen LogP contribution < -0.4 is 0 Å². The van der Waals surface area contributed by atoms with E-state index in [0.29, 0.717) is 17.7 Å². The Balaban J connectivity index is 1.45. The first-order valence-electron chi connectivity index (χ1n) is 12.5. The predicted molar refractivity (Wildman–Crippen MR) is 141 cm³/mol. The molecule has 10 heteroatoms. The Labute approximate surface area is 224 Å². The molecule has 2 aromatic heterocycles. The van der Waals surface area contributed by atoms with E-state index >= 15 is 0 Å². The van der Waals surface area contributed by atoms with Crippen molar-refractivity contribution >= 4 is 21.9 Å². The van der Waals surface area contributed by atoms with Gasteiger partial charge in [0.2, 0.25) is 10.0 Å². The van der Waals surface area contributed by atoms with Crippen molar-refractivity contribution in [3.05, 3.63) is 113 Å². The summed E-state index contributed by atoms with van der Waals surface area (Å²) in [5.41, 5.74) is 2.32. The quantitative estimate of drug-likeness (QED) is 0.337. The van der Waals surface area contributed by atoms with E-state index in [2.05, 4.69) is 10.1 Å². The Morgan fingerprint density at radius 1 is 1.05 bits per heavy atom. The summed E-state index contributed by atoms with van der Waals surface area (Å²) in [6, 6.07) is 14.8. The molecule has 2 aliphatic rings. The number of pyridine rings is 1. The number of hydrogen-bond acceptors (Lipinski definition) is 5. The highest BCUT2D eigenvalue weighted by molar-refractivity contribution is 7.89. The fourth-order valence-corrected chi connectivity index (χ4v) is 6.95. The van der Waals surface area contributed by atoms with Crippen LogP contribution in [0.25, 0.3) is 11.8 Å². The first kappa shape index (κ1) is 25.3. The molecule has 0 unspecified atom stereocenters. The molecule has 0 spiro atoms. The number of fused-ring (bicyclic) bond motifs is 2. The van der Waals surface area contributed by atoms with Crippen molar-refractivity contribution in [2.24, 2.45) is 5.41 Å². The van der Waals surface area contributed by atoms with Crippen LogP contribution in [-0.4, -0.2) is 46.4 Å². The lowest BCUT2D eigenvalue weighted by molar-refractivity contribution is 0.0770. The van der Waals surface area contributed by atoms with Crippen LogP contribution in [0.5, 0.6) is 0 Å². The summed E-state index contributed by atoms with van der Waals surface area (Å²) in [6.45, 7) is 1.57. The third-order valence-corrected chi connectivity index (χ3v) is 9.41. The highest BCUT2D eigenvalue weighted by atomic mass is 32.2. The summed E-state index contributed by atoms with van der Waals surface area (Å²) < 4.78 is 58.1. The van der Waals surface area contributed by atoms with Gasteiger partial charge in [-0.2, -0.15) is 9.40 Å². The minimum absolute atomic E-state index is 0.118. The second kappa shape index (κ2) is 9.32. The number of Topliss-reactive ketones (excluding diaryl/α,β-unsaturated/α-hetero) is 1. The highest BCUT2D eigenvalue weighted by Crippen LogP contribution is 2.47. The molecule has 0 bridgehead atoms. The molecule has 4 aromatic rings. The monoisotopic (exact) mass is 546 g/mol. The van der Waals surface area contributed by atoms with Crippen molar-refractivity contribution in [1.82, 2.24) is 19.1 Å². The van der Waals surface area contributed by atoms with Gasteiger partial charge in [-0.05, 0) is 85.5 Å². The van der Waals surface area contributed by atoms with Crippen LogP contribution in [0, 0.1) is 24.0 Å². The van der Waals surface area contributed by atoms with Crippen molar-refractivity contribution in [2.75, 3.05) is 13.1 Å². The number of nitrogens with zero attached hydrogens (tertiary/aromatic N) is 4. The van der Waals surface area contributed by atoms with Crippen LogP contribution in [0.1, 0.15) is 33.7 Å². The largest absolute Gasteiger partial charge is 0.291 e. The van der Waals surface area contributed by atoms with Gasteiger partial charge >= 0.3 is 0 Å². The van der Waals surface area contributed by atoms with E-state index in [1.54, 1.807) is 48.1 Å². The Morgan fingerprint density at radius 3 is 2.56 bits per heavy atom. The summed E-state index contributed by atoms with van der Waals surface area (Å²) in [4.78, 5) is 18.3. The predicted octanol–water partition coefficient (Wildman–Crippen LogP) is 4.76. The number of carbonyl (C=O) groups is 1. The van der Waals surface area contributed by atoms with Crippen molar-refractivity contribution < 1.29 is 22.0 Å². The minimum atomic E-state index is -4.09. The zero-order valence-electron chi connectivity index (χ0n) is 21.0. The maximum absolute atomic E-state index is 14.3. The molecule has 1 fully saturated rings. The van der Waals surface area contributed by atoms with Gasteiger partial charge < -0.3 is 0 Å². The SMILES string of the molecule is Cc1ccc(S(=O)(=O)N2CCC3=Cc4c(cnn4-c4ccc(F)cc4)C[C@]3(C(=O)c3ccccn3)C2)cc1F. The second-order valence-corrected chi connectivity index (χ2v) is 11.9. The molecular formula is C29H24F2N4O3S. The van der Waals surface area contributed by atoms with Crippen molar-refractivity contribution in [1.29, 1.82) is 0 Å². The number of rotatable bonds is 5. The summed E-state index contributed by atoms with van der Waals surface area (Å²) in [5.74, 6) is -1.26. The van der Waals surface area contributed by atoms with Crippen LogP contribution in [0.4, 0.5) is 8.78 Å². The number of aromatic nitrogens is 3. The number of halogens is 2. The van der Waals surface area contributed by atoms with Crippen LogP contribution in [0.3, 0.4) is 0 Å². The van der Waals surface area contributed by atoms with E-state index in [9.17, 15) is 22.0 Å². The van der Waals surface area contributed by atoms with Gasteiger partial charge in [0, 0.05) is 19.3 Å². The van der Waals surface area contributed by atoms with E-state index < -0.39 is 21.3 Å². The number of carbonyl (C=O) groups excluding carboxylic acids is 1. The van der Waals surface area contributed by atoms with E-state index in [1.165, 1.54) is 34.8 Å². The molecule has 1 aliphatic carbocycles. The van der Waals surface area contributed by atoms with Crippen LogP contribution in [-0.2, 0) is 16.4 Å². The maximum atomic E-state index is 14.3. The maximum Gasteiger partial charge on any atom is 0.243 e. The topological polar surface area (TPSA) is 85.2 Å². The lowest BCUT2D eigenvalue weighted by Crippen LogP contribution is -2.53. The summed E-state index contributed by atoms with van der Waals surface area (Å²) in [5, 5.41) is 4.50. The molecule has 0 radical (unpaired) electrons. The van der Waals surface area contributed by atoms with Gasteiger partial charge in [-0.3, -0.25) is 9.78 Å². The fraction of sp³-hybridized carbons (Fsp3) is 0.207. The van der Waals surface area contributed by atoms with E-state index in [0.717, 1.165) is 22.9 Å². The number of ketones is 1. The summed E-state index contributed by atoms with van der Waals surface area (Å²) in [6.07, 6.45) is 5.58. The minimum Gasteiger partial charge on any atom is -0.291 e. The average molecular weight is 547 g/mol. The smallest absolute Gasteiger partial charge is 0.243 e. The Kier molecular flexibility index (Phi) is 6.04. The Hall–Kier alpha value is -4.02. The summed E-state index contributed by atoms with van der Waals surface area (Å²) >= 11 is 0. The average Bonchev–Trinajstić information content (AvgIpc) is 3.35. The number of sulfonamides is 1. The molecule has 198 valence electrons. The van der Waals surface area contributed by atoms with Crippen molar-refractivity contribution in [3.8, 4) is 5.69 Å². The van der Waals surface area contributed by atoms with Crippen LogP contribution in [0.2, 0.25) is 0 Å². The van der Waals surface area contributed by atoms with Gasteiger partial charge in [-0.15, -0.1) is 0 Å². The Morgan fingerprint density at radius 2 is 1.85 bits per heavy atom. The fourth-order valence-electron chi connectivity index (χ4n) is 5.43. The normalized spacial score (nSPS) is 19.2. The molecule has 7 nitrogen and oxygen atoms in total. The molecule has 1 saturated heterocycles. The zero-order chi connectivity index (χ0) is 27.4. The molecular weight excluding hydrogens is 522 g/mol. The molecule has 3 heterocycles. The first-order chi connectivity index (χ1) is 18.7. The third-order valence-electron chi connectivity index (χ3n) is 7.57. The van der Waals surface area contributed by atoms with Gasteiger partial charge in [0.15, 0.2) is 5.78 Å². The third kappa shape index (κ3) is 4.20.